The summed E-state index contributed by atoms with van der Waals surface area (Å²) < 4.78 is 32.6. The third-order valence-corrected chi connectivity index (χ3v) is 6.98. The zero-order chi connectivity index (χ0) is 21.0. The number of carbonyl (C=O) groups is 1. The molecular weight excluding hydrogens is 390 g/mol. The summed E-state index contributed by atoms with van der Waals surface area (Å²) in [7, 11) is 0.278. The van der Waals surface area contributed by atoms with Crippen LogP contribution in [0.4, 0.5) is 5.69 Å². The maximum absolute atomic E-state index is 13.0. The molecule has 0 unspecified atom stereocenters. The highest BCUT2D eigenvalue weighted by molar-refractivity contribution is 7.89. The van der Waals surface area contributed by atoms with Crippen LogP contribution < -0.4 is 10.2 Å². The summed E-state index contributed by atoms with van der Waals surface area (Å²) in [5.74, 6) is -0.305. The van der Waals surface area contributed by atoms with Gasteiger partial charge in [-0.2, -0.15) is 4.31 Å². The summed E-state index contributed by atoms with van der Waals surface area (Å²) in [4.78, 5) is 14.8. The van der Waals surface area contributed by atoms with E-state index >= 15 is 0 Å². The Balaban J connectivity index is 1.73. The predicted molar refractivity (Wildman–Crippen MR) is 113 cm³/mol. The zero-order valence-corrected chi connectivity index (χ0v) is 17.8. The maximum Gasteiger partial charge on any atom is 0.251 e. The van der Waals surface area contributed by atoms with Crippen LogP contribution in [0, 0.1) is 6.92 Å². The average Bonchev–Trinajstić information content (AvgIpc) is 2.73. The second kappa shape index (κ2) is 8.94. The molecule has 1 N–H and O–H groups in total. The van der Waals surface area contributed by atoms with Crippen LogP contribution in [0.1, 0.15) is 21.5 Å². The van der Waals surface area contributed by atoms with Gasteiger partial charge in [-0.25, -0.2) is 8.42 Å². The van der Waals surface area contributed by atoms with Crippen LogP contribution >= 0.6 is 0 Å². The lowest BCUT2D eigenvalue weighted by molar-refractivity contribution is 0.0730. The smallest absolute Gasteiger partial charge is 0.251 e. The van der Waals surface area contributed by atoms with Crippen molar-refractivity contribution < 1.29 is 17.9 Å². The largest absolute Gasteiger partial charge is 0.379 e. The fourth-order valence-electron chi connectivity index (χ4n) is 3.14. The summed E-state index contributed by atoms with van der Waals surface area (Å²) in [6.07, 6.45) is 0. The molecule has 1 aliphatic heterocycles. The van der Waals surface area contributed by atoms with Crippen molar-refractivity contribution in [1.29, 1.82) is 0 Å². The molecule has 156 valence electrons. The van der Waals surface area contributed by atoms with Gasteiger partial charge in [0.1, 0.15) is 0 Å². The summed E-state index contributed by atoms with van der Waals surface area (Å²) in [5, 5.41) is 2.86. The highest BCUT2D eigenvalue weighted by Crippen LogP contribution is 2.22. The Hall–Kier alpha value is -2.42. The monoisotopic (exact) mass is 417 g/mol. The fraction of sp³-hybridized carbons (Fsp3) is 0.381. The van der Waals surface area contributed by atoms with Crippen LogP contribution in [-0.2, 0) is 21.3 Å². The van der Waals surface area contributed by atoms with Crippen molar-refractivity contribution in [2.24, 2.45) is 0 Å². The molecule has 2 aromatic carbocycles. The number of hydrogen-bond acceptors (Lipinski definition) is 5. The van der Waals surface area contributed by atoms with Gasteiger partial charge in [0.05, 0.1) is 18.1 Å². The van der Waals surface area contributed by atoms with Gasteiger partial charge >= 0.3 is 0 Å². The van der Waals surface area contributed by atoms with Gasteiger partial charge in [-0.1, -0.05) is 18.2 Å². The van der Waals surface area contributed by atoms with E-state index in [1.165, 1.54) is 10.4 Å². The van der Waals surface area contributed by atoms with Gasteiger partial charge in [0.15, 0.2) is 0 Å². The van der Waals surface area contributed by atoms with Gasteiger partial charge < -0.3 is 15.0 Å². The first-order valence-electron chi connectivity index (χ1n) is 9.52. The molecule has 2 aromatic rings. The van der Waals surface area contributed by atoms with E-state index in [4.69, 9.17) is 4.74 Å². The van der Waals surface area contributed by atoms with E-state index in [1.807, 2.05) is 43.3 Å². The Kier molecular flexibility index (Phi) is 6.56. The molecule has 1 saturated heterocycles. The van der Waals surface area contributed by atoms with Gasteiger partial charge in [0, 0.05) is 45.0 Å². The number of morpholine rings is 1. The molecule has 3 rings (SSSR count). The molecule has 7 nitrogen and oxygen atoms in total. The van der Waals surface area contributed by atoms with Crippen LogP contribution in [-0.4, -0.2) is 59.0 Å². The molecule has 8 heteroatoms. The van der Waals surface area contributed by atoms with Crippen LogP contribution in [0.15, 0.2) is 47.4 Å². The van der Waals surface area contributed by atoms with Gasteiger partial charge in [-0.15, -0.1) is 0 Å². The maximum atomic E-state index is 13.0. The topological polar surface area (TPSA) is 79.0 Å². The number of ether oxygens (including phenoxy) is 1. The number of nitrogens with one attached hydrogen (secondary N) is 1. The second-order valence-electron chi connectivity index (χ2n) is 7.24. The summed E-state index contributed by atoms with van der Waals surface area (Å²) in [6.45, 7) is 3.51. The summed E-state index contributed by atoms with van der Waals surface area (Å²) in [5.41, 5.74) is 2.99. The number of amides is 1. The molecule has 1 heterocycles. The van der Waals surface area contributed by atoms with E-state index in [-0.39, 0.29) is 10.8 Å². The SMILES string of the molecule is Cc1ccc(C(=O)NCc2ccc(N(C)C)cc2)cc1S(=O)(=O)N1CCOCC1. The molecule has 0 aliphatic carbocycles. The van der Waals surface area contributed by atoms with Crippen molar-refractivity contribution in [3.05, 3.63) is 59.2 Å². The van der Waals surface area contributed by atoms with Gasteiger partial charge in [0.25, 0.3) is 5.91 Å². The Labute approximate surface area is 172 Å². The first-order chi connectivity index (χ1) is 13.8. The van der Waals surface area contributed by atoms with Crippen molar-refractivity contribution in [1.82, 2.24) is 9.62 Å². The van der Waals surface area contributed by atoms with E-state index in [0.717, 1.165) is 11.3 Å². The number of aryl methyl sites for hydroxylation is 1. The lowest BCUT2D eigenvalue weighted by Gasteiger charge is -2.26. The number of sulfonamides is 1. The predicted octanol–water partition coefficient (Wildman–Crippen LogP) is 2.01. The first kappa shape index (κ1) is 21.3. The quantitative estimate of drug-likeness (QED) is 0.778. The Morgan fingerprint density at radius 3 is 2.38 bits per heavy atom. The lowest BCUT2D eigenvalue weighted by atomic mass is 10.1. The van der Waals surface area contributed by atoms with Gasteiger partial charge in [0.2, 0.25) is 10.0 Å². The lowest BCUT2D eigenvalue weighted by Crippen LogP contribution is -2.41. The van der Waals surface area contributed by atoms with Gasteiger partial charge in [-0.05, 0) is 42.3 Å². The molecule has 0 bridgehead atoms. The Bertz CT molecular complexity index is 966. The van der Waals surface area contributed by atoms with Crippen molar-refractivity contribution in [2.45, 2.75) is 18.4 Å². The summed E-state index contributed by atoms with van der Waals surface area (Å²) in [6, 6.07) is 12.7. The Morgan fingerprint density at radius 1 is 1.10 bits per heavy atom. The summed E-state index contributed by atoms with van der Waals surface area (Å²) >= 11 is 0. The highest BCUT2D eigenvalue weighted by atomic mass is 32.2. The Morgan fingerprint density at radius 2 is 1.76 bits per heavy atom. The molecule has 0 aromatic heterocycles. The average molecular weight is 418 g/mol. The standard InChI is InChI=1S/C21H27N3O4S/c1-16-4-7-18(14-20(16)29(26,27)24-10-12-28-13-11-24)21(25)22-15-17-5-8-19(9-6-17)23(2)3/h4-9,14H,10-13,15H2,1-3H3,(H,22,25). The van der Waals surface area contributed by atoms with E-state index in [0.29, 0.717) is 44.0 Å². The highest BCUT2D eigenvalue weighted by Gasteiger charge is 2.28. The fourth-order valence-corrected chi connectivity index (χ4v) is 4.80. The van der Waals surface area contributed by atoms with Crippen LogP contribution in [0.2, 0.25) is 0 Å². The number of benzene rings is 2. The zero-order valence-electron chi connectivity index (χ0n) is 17.0. The molecular formula is C21H27N3O4S. The van der Waals surface area contributed by atoms with Crippen molar-refractivity contribution in [2.75, 3.05) is 45.3 Å². The first-order valence-corrected chi connectivity index (χ1v) is 11.0. The van der Waals surface area contributed by atoms with Crippen molar-refractivity contribution in [3.8, 4) is 0 Å². The number of anilines is 1. The van der Waals surface area contributed by atoms with E-state index < -0.39 is 10.0 Å². The number of carbonyl (C=O) groups excluding carboxylic acids is 1. The van der Waals surface area contributed by atoms with Crippen LogP contribution in [0.25, 0.3) is 0 Å². The third-order valence-electron chi connectivity index (χ3n) is 4.94. The van der Waals surface area contributed by atoms with Gasteiger partial charge in [-0.3, -0.25) is 4.79 Å². The molecule has 0 saturated carbocycles. The molecule has 0 spiro atoms. The second-order valence-corrected chi connectivity index (χ2v) is 9.15. The number of hydrogen-bond donors (Lipinski definition) is 1. The van der Waals surface area contributed by atoms with E-state index in [9.17, 15) is 13.2 Å². The molecule has 1 amide bonds. The van der Waals surface area contributed by atoms with Crippen LogP contribution in [0.5, 0.6) is 0 Å². The van der Waals surface area contributed by atoms with Crippen molar-refractivity contribution in [3.63, 3.8) is 0 Å². The molecule has 1 fully saturated rings. The minimum Gasteiger partial charge on any atom is -0.379 e. The molecule has 29 heavy (non-hydrogen) atoms. The molecule has 0 radical (unpaired) electrons. The number of nitrogens with zero attached hydrogens (tertiary/aromatic N) is 2. The molecule has 1 aliphatic rings. The third kappa shape index (κ3) is 4.95. The number of rotatable bonds is 6. The van der Waals surface area contributed by atoms with Crippen LogP contribution in [0.3, 0.4) is 0 Å². The minimum atomic E-state index is -3.66. The minimum absolute atomic E-state index is 0.169. The molecule has 0 atom stereocenters. The van der Waals surface area contributed by atoms with Crippen molar-refractivity contribution >= 4 is 21.6 Å². The normalized spacial score (nSPS) is 15.1. The van der Waals surface area contributed by atoms with E-state index in [1.54, 1.807) is 19.1 Å². The van der Waals surface area contributed by atoms with E-state index in [2.05, 4.69) is 5.32 Å².